The third kappa shape index (κ3) is 3.65. The van der Waals surface area contributed by atoms with Gasteiger partial charge in [-0.2, -0.15) is 5.10 Å². The van der Waals surface area contributed by atoms with Crippen molar-refractivity contribution in [2.75, 3.05) is 26.8 Å². The number of nitrogens with one attached hydrogen (secondary N) is 1. The van der Waals surface area contributed by atoms with Crippen molar-refractivity contribution in [1.29, 1.82) is 0 Å². The lowest BCUT2D eigenvalue weighted by Gasteiger charge is -2.12. The molecule has 134 valence electrons. The summed E-state index contributed by atoms with van der Waals surface area (Å²) < 4.78 is 16.0. The van der Waals surface area contributed by atoms with Crippen LogP contribution in [0.3, 0.4) is 0 Å². The zero-order valence-corrected chi connectivity index (χ0v) is 15.4. The molecule has 0 saturated heterocycles. The summed E-state index contributed by atoms with van der Waals surface area (Å²) in [6, 6.07) is 11.0. The Kier molecular flexibility index (Phi) is 5.43. The van der Waals surface area contributed by atoms with Crippen LogP contribution in [0.5, 0.6) is 17.2 Å². The van der Waals surface area contributed by atoms with Crippen LogP contribution in [0.2, 0.25) is 5.02 Å². The summed E-state index contributed by atoms with van der Waals surface area (Å²) in [6.45, 7) is 0. The quantitative estimate of drug-likeness (QED) is 0.515. The molecule has 6 nitrogen and oxygen atoms in total. The van der Waals surface area contributed by atoms with Crippen LogP contribution in [-0.2, 0) is 0 Å². The first-order valence-electron chi connectivity index (χ1n) is 7.79. The van der Waals surface area contributed by atoms with E-state index in [1.165, 1.54) is 0 Å². The van der Waals surface area contributed by atoms with Gasteiger partial charge in [0.2, 0.25) is 5.75 Å². The van der Waals surface area contributed by atoms with Crippen LogP contribution in [0.25, 0.3) is 10.9 Å². The fourth-order valence-electron chi connectivity index (χ4n) is 2.57. The molecular weight excluding hydrogens is 354 g/mol. The third-order valence-corrected chi connectivity index (χ3v) is 4.03. The second-order valence-corrected chi connectivity index (χ2v) is 5.79. The predicted molar refractivity (Wildman–Crippen MR) is 104 cm³/mol. The summed E-state index contributed by atoms with van der Waals surface area (Å²) in [7, 11) is 4.71. The van der Waals surface area contributed by atoms with E-state index in [1.54, 1.807) is 33.7 Å². The van der Waals surface area contributed by atoms with Gasteiger partial charge in [-0.3, -0.25) is 10.4 Å². The SMILES string of the molecule is COc1cc(C=NNc2ccnc3cc(Cl)ccc23)cc(OC)c1OC. The fraction of sp³-hybridized carbons (Fsp3) is 0.158. The number of aromatic nitrogens is 1. The normalized spacial score (nSPS) is 10.9. The first-order valence-corrected chi connectivity index (χ1v) is 8.17. The number of methoxy groups -OCH3 is 3. The average Bonchev–Trinajstić information content (AvgIpc) is 2.66. The minimum atomic E-state index is 0.539. The molecule has 0 spiro atoms. The molecule has 0 aliphatic rings. The standard InChI is InChI=1S/C19H18ClN3O3/c1-24-17-8-12(9-18(25-2)19(17)26-3)11-22-23-15-6-7-21-16-10-13(20)4-5-14(15)16/h4-11H,1-3H3,(H,21,23). The molecule has 0 fully saturated rings. The fourth-order valence-corrected chi connectivity index (χ4v) is 2.74. The van der Waals surface area contributed by atoms with Crippen molar-refractivity contribution in [3.05, 3.63) is 53.2 Å². The third-order valence-electron chi connectivity index (χ3n) is 3.79. The van der Waals surface area contributed by atoms with E-state index in [1.807, 2.05) is 36.4 Å². The van der Waals surface area contributed by atoms with Crippen molar-refractivity contribution < 1.29 is 14.2 Å². The summed E-state index contributed by atoms with van der Waals surface area (Å²) in [4.78, 5) is 4.31. The Labute approximate surface area is 156 Å². The van der Waals surface area contributed by atoms with Gasteiger partial charge in [-0.1, -0.05) is 11.6 Å². The molecule has 0 amide bonds. The highest BCUT2D eigenvalue weighted by molar-refractivity contribution is 6.31. The molecular formula is C19H18ClN3O3. The summed E-state index contributed by atoms with van der Waals surface area (Å²) in [5.74, 6) is 1.67. The van der Waals surface area contributed by atoms with Gasteiger partial charge in [0.1, 0.15) is 0 Å². The van der Waals surface area contributed by atoms with E-state index in [4.69, 9.17) is 25.8 Å². The molecule has 1 heterocycles. The maximum absolute atomic E-state index is 6.01. The number of hydrogen-bond acceptors (Lipinski definition) is 6. The van der Waals surface area contributed by atoms with Crippen molar-refractivity contribution >= 4 is 34.4 Å². The molecule has 0 atom stereocenters. The minimum Gasteiger partial charge on any atom is -0.493 e. The van der Waals surface area contributed by atoms with Crippen molar-refractivity contribution in [1.82, 2.24) is 4.98 Å². The lowest BCUT2D eigenvalue weighted by Crippen LogP contribution is -1.98. The number of nitrogens with zero attached hydrogens (tertiary/aromatic N) is 2. The van der Waals surface area contributed by atoms with E-state index in [2.05, 4.69) is 15.5 Å². The van der Waals surface area contributed by atoms with Crippen LogP contribution in [0.4, 0.5) is 5.69 Å². The number of rotatable bonds is 6. The summed E-state index contributed by atoms with van der Waals surface area (Å²) >= 11 is 6.01. The van der Waals surface area contributed by atoms with Gasteiger partial charge in [-0.25, -0.2) is 0 Å². The summed E-state index contributed by atoms with van der Waals surface area (Å²) in [6.07, 6.45) is 3.38. The molecule has 7 heteroatoms. The molecule has 0 unspecified atom stereocenters. The number of pyridine rings is 1. The Bertz CT molecular complexity index is 935. The van der Waals surface area contributed by atoms with E-state index in [0.29, 0.717) is 22.3 Å². The van der Waals surface area contributed by atoms with Gasteiger partial charge in [-0.05, 0) is 36.4 Å². The Balaban J connectivity index is 1.87. The van der Waals surface area contributed by atoms with Gasteiger partial charge in [-0.15, -0.1) is 0 Å². The highest BCUT2D eigenvalue weighted by Crippen LogP contribution is 2.37. The molecule has 1 N–H and O–H groups in total. The van der Waals surface area contributed by atoms with Gasteiger partial charge < -0.3 is 14.2 Å². The minimum absolute atomic E-state index is 0.539. The molecule has 0 saturated carbocycles. The second-order valence-electron chi connectivity index (χ2n) is 5.35. The zero-order chi connectivity index (χ0) is 18.5. The Morgan fingerprint density at radius 2 is 1.73 bits per heavy atom. The molecule has 1 aromatic heterocycles. The maximum atomic E-state index is 6.01. The number of benzene rings is 2. The van der Waals surface area contributed by atoms with Crippen molar-refractivity contribution in [3.63, 3.8) is 0 Å². The van der Waals surface area contributed by atoms with E-state index >= 15 is 0 Å². The number of hydrogen-bond donors (Lipinski definition) is 1. The van der Waals surface area contributed by atoms with Crippen LogP contribution >= 0.6 is 11.6 Å². The van der Waals surface area contributed by atoms with E-state index in [9.17, 15) is 0 Å². The lowest BCUT2D eigenvalue weighted by atomic mass is 10.2. The molecule has 0 bridgehead atoms. The topological polar surface area (TPSA) is 65.0 Å². The van der Waals surface area contributed by atoms with Gasteiger partial charge in [0, 0.05) is 22.2 Å². The molecule has 0 radical (unpaired) electrons. The molecule has 3 rings (SSSR count). The Morgan fingerprint density at radius 1 is 1.00 bits per heavy atom. The highest BCUT2D eigenvalue weighted by atomic mass is 35.5. The Hall–Kier alpha value is -2.99. The zero-order valence-electron chi connectivity index (χ0n) is 14.6. The maximum Gasteiger partial charge on any atom is 0.203 e. The average molecular weight is 372 g/mol. The molecule has 2 aromatic carbocycles. The lowest BCUT2D eigenvalue weighted by molar-refractivity contribution is 0.324. The first kappa shape index (κ1) is 17.8. The van der Waals surface area contributed by atoms with Crippen molar-refractivity contribution in [2.24, 2.45) is 5.10 Å². The van der Waals surface area contributed by atoms with Crippen LogP contribution < -0.4 is 19.6 Å². The number of anilines is 1. The van der Waals surface area contributed by atoms with Crippen molar-refractivity contribution in [3.8, 4) is 17.2 Å². The van der Waals surface area contributed by atoms with Crippen LogP contribution in [0, 0.1) is 0 Å². The highest BCUT2D eigenvalue weighted by Gasteiger charge is 2.12. The van der Waals surface area contributed by atoms with Gasteiger partial charge in [0.25, 0.3) is 0 Å². The molecule has 26 heavy (non-hydrogen) atoms. The van der Waals surface area contributed by atoms with Gasteiger partial charge in [0.05, 0.1) is 38.7 Å². The number of ether oxygens (including phenoxy) is 3. The summed E-state index contributed by atoms with van der Waals surface area (Å²) in [5, 5.41) is 5.87. The smallest absolute Gasteiger partial charge is 0.203 e. The van der Waals surface area contributed by atoms with Crippen molar-refractivity contribution in [2.45, 2.75) is 0 Å². The van der Waals surface area contributed by atoms with E-state index in [-0.39, 0.29) is 0 Å². The van der Waals surface area contributed by atoms with Crippen LogP contribution in [0.1, 0.15) is 5.56 Å². The van der Waals surface area contributed by atoms with Crippen LogP contribution in [-0.4, -0.2) is 32.5 Å². The largest absolute Gasteiger partial charge is 0.493 e. The molecule has 0 aliphatic carbocycles. The van der Waals surface area contributed by atoms with E-state index < -0.39 is 0 Å². The number of hydrazone groups is 1. The van der Waals surface area contributed by atoms with Crippen LogP contribution in [0.15, 0.2) is 47.7 Å². The summed E-state index contributed by atoms with van der Waals surface area (Å²) in [5.41, 5.74) is 5.46. The van der Waals surface area contributed by atoms with Gasteiger partial charge in [0.15, 0.2) is 11.5 Å². The number of halogens is 1. The first-order chi connectivity index (χ1) is 12.7. The Morgan fingerprint density at radius 3 is 2.38 bits per heavy atom. The van der Waals surface area contributed by atoms with Gasteiger partial charge >= 0.3 is 0 Å². The molecule has 0 aliphatic heterocycles. The number of fused-ring (bicyclic) bond motifs is 1. The van der Waals surface area contributed by atoms with E-state index in [0.717, 1.165) is 22.2 Å². The monoisotopic (exact) mass is 371 g/mol. The second kappa shape index (κ2) is 7.93. The predicted octanol–water partition coefficient (Wildman–Crippen LogP) is 4.36. The molecule has 3 aromatic rings.